The first-order chi connectivity index (χ1) is 9.16. The van der Waals surface area contributed by atoms with Gasteiger partial charge in [-0.3, -0.25) is 0 Å². The van der Waals surface area contributed by atoms with Crippen LogP contribution in [0.4, 0.5) is 0 Å². The quantitative estimate of drug-likeness (QED) is 0.809. The van der Waals surface area contributed by atoms with Crippen LogP contribution in [0, 0.1) is 0 Å². The maximum Gasteiger partial charge on any atom is 0.125 e. The van der Waals surface area contributed by atoms with E-state index >= 15 is 0 Å². The summed E-state index contributed by atoms with van der Waals surface area (Å²) in [4.78, 5) is 0. The second-order valence-corrected chi connectivity index (χ2v) is 5.42. The lowest BCUT2D eigenvalue weighted by Crippen LogP contribution is -2.08. The Morgan fingerprint density at radius 1 is 1.53 bits per heavy atom. The van der Waals surface area contributed by atoms with E-state index in [1.807, 2.05) is 6.07 Å². The predicted octanol–water partition coefficient (Wildman–Crippen LogP) is 3.73. The SMILES string of the molecule is CC(O)c1cc(Cl)ccc1OCCCC1CCCO1. The Hall–Kier alpha value is -0.770. The molecule has 1 aliphatic rings. The van der Waals surface area contributed by atoms with Gasteiger partial charge in [0.2, 0.25) is 0 Å². The van der Waals surface area contributed by atoms with Crippen molar-refractivity contribution in [1.29, 1.82) is 0 Å². The Labute approximate surface area is 119 Å². The fourth-order valence-corrected chi connectivity index (χ4v) is 2.52. The van der Waals surface area contributed by atoms with Gasteiger partial charge in [-0.15, -0.1) is 0 Å². The number of hydrogen-bond donors (Lipinski definition) is 1. The smallest absolute Gasteiger partial charge is 0.125 e. The van der Waals surface area contributed by atoms with Gasteiger partial charge in [0.1, 0.15) is 5.75 Å². The van der Waals surface area contributed by atoms with Crippen molar-refractivity contribution >= 4 is 11.6 Å². The summed E-state index contributed by atoms with van der Waals surface area (Å²) in [5, 5.41) is 10.3. The van der Waals surface area contributed by atoms with E-state index in [2.05, 4.69) is 0 Å². The third-order valence-corrected chi connectivity index (χ3v) is 3.61. The Balaban J connectivity index is 1.81. The molecule has 0 aromatic heterocycles. The first-order valence-electron chi connectivity index (χ1n) is 6.88. The average molecular weight is 285 g/mol. The first-order valence-corrected chi connectivity index (χ1v) is 7.26. The van der Waals surface area contributed by atoms with E-state index in [-0.39, 0.29) is 0 Å². The molecule has 0 aliphatic carbocycles. The highest BCUT2D eigenvalue weighted by atomic mass is 35.5. The minimum Gasteiger partial charge on any atom is -0.493 e. The minimum atomic E-state index is -0.577. The molecule has 1 N–H and O–H groups in total. The van der Waals surface area contributed by atoms with Crippen molar-refractivity contribution in [2.75, 3.05) is 13.2 Å². The molecule has 0 saturated carbocycles. The molecule has 106 valence electrons. The number of ether oxygens (including phenoxy) is 2. The molecule has 2 atom stereocenters. The Kier molecular flexibility index (Phi) is 5.49. The highest BCUT2D eigenvalue weighted by molar-refractivity contribution is 6.30. The lowest BCUT2D eigenvalue weighted by Gasteiger charge is -2.14. The molecule has 1 aliphatic heterocycles. The largest absolute Gasteiger partial charge is 0.493 e. The maximum absolute atomic E-state index is 9.70. The molecule has 3 nitrogen and oxygen atoms in total. The summed E-state index contributed by atoms with van der Waals surface area (Å²) in [6.45, 7) is 3.25. The van der Waals surface area contributed by atoms with E-state index in [4.69, 9.17) is 21.1 Å². The second kappa shape index (κ2) is 7.13. The van der Waals surface area contributed by atoms with Crippen LogP contribution in [0.1, 0.15) is 44.3 Å². The zero-order valence-electron chi connectivity index (χ0n) is 11.3. The predicted molar refractivity (Wildman–Crippen MR) is 75.8 cm³/mol. The van der Waals surface area contributed by atoms with Gasteiger partial charge in [-0.2, -0.15) is 0 Å². The van der Waals surface area contributed by atoms with Crippen molar-refractivity contribution in [2.45, 2.75) is 44.8 Å². The van der Waals surface area contributed by atoms with Crippen molar-refractivity contribution in [3.05, 3.63) is 28.8 Å². The monoisotopic (exact) mass is 284 g/mol. The van der Waals surface area contributed by atoms with Crippen LogP contribution < -0.4 is 4.74 Å². The maximum atomic E-state index is 9.70. The Bertz CT molecular complexity index is 400. The summed E-state index contributed by atoms with van der Waals surface area (Å²) in [6.07, 6.45) is 4.18. The van der Waals surface area contributed by atoms with Gasteiger partial charge in [0.05, 0.1) is 18.8 Å². The number of aliphatic hydroxyl groups is 1. The fourth-order valence-electron chi connectivity index (χ4n) is 2.34. The van der Waals surface area contributed by atoms with Crippen LogP contribution in [0.15, 0.2) is 18.2 Å². The highest BCUT2D eigenvalue weighted by Gasteiger charge is 2.15. The number of halogens is 1. The summed E-state index contributed by atoms with van der Waals surface area (Å²) >= 11 is 5.93. The molecule has 0 bridgehead atoms. The molecule has 2 unspecified atom stereocenters. The van der Waals surface area contributed by atoms with E-state index in [0.29, 0.717) is 23.5 Å². The van der Waals surface area contributed by atoms with Crippen LogP contribution in [0.25, 0.3) is 0 Å². The van der Waals surface area contributed by atoms with Crippen LogP contribution in [0.5, 0.6) is 5.75 Å². The zero-order chi connectivity index (χ0) is 13.7. The van der Waals surface area contributed by atoms with Gasteiger partial charge < -0.3 is 14.6 Å². The van der Waals surface area contributed by atoms with Crippen LogP contribution in [0.3, 0.4) is 0 Å². The third-order valence-electron chi connectivity index (χ3n) is 3.37. The van der Waals surface area contributed by atoms with Crippen molar-refractivity contribution in [2.24, 2.45) is 0 Å². The number of rotatable bonds is 6. The van der Waals surface area contributed by atoms with Gasteiger partial charge in [0.15, 0.2) is 0 Å². The third kappa shape index (κ3) is 4.37. The molecule has 0 spiro atoms. The van der Waals surface area contributed by atoms with Crippen molar-refractivity contribution in [3.63, 3.8) is 0 Å². The summed E-state index contributed by atoms with van der Waals surface area (Å²) in [6, 6.07) is 5.35. The molecule has 1 fully saturated rings. The van der Waals surface area contributed by atoms with E-state index in [1.165, 1.54) is 12.8 Å². The van der Waals surface area contributed by atoms with Crippen molar-refractivity contribution < 1.29 is 14.6 Å². The van der Waals surface area contributed by atoms with Gasteiger partial charge in [-0.05, 0) is 50.8 Å². The second-order valence-electron chi connectivity index (χ2n) is 4.98. The van der Waals surface area contributed by atoms with Gasteiger partial charge >= 0.3 is 0 Å². The zero-order valence-corrected chi connectivity index (χ0v) is 12.0. The van der Waals surface area contributed by atoms with Crippen LogP contribution >= 0.6 is 11.6 Å². The van der Waals surface area contributed by atoms with Gasteiger partial charge in [0.25, 0.3) is 0 Å². The highest BCUT2D eigenvalue weighted by Crippen LogP contribution is 2.28. The summed E-state index contributed by atoms with van der Waals surface area (Å²) in [5.74, 6) is 0.715. The lowest BCUT2D eigenvalue weighted by molar-refractivity contribution is 0.0978. The molecule has 0 radical (unpaired) electrons. The lowest BCUT2D eigenvalue weighted by atomic mass is 10.1. The molecule has 4 heteroatoms. The van der Waals surface area contributed by atoms with Crippen LogP contribution in [-0.2, 0) is 4.74 Å². The van der Waals surface area contributed by atoms with E-state index in [0.717, 1.165) is 25.0 Å². The average Bonchev–Trinajstić information content (AvgIpc) is 2.89. The normalized spacial score (nSPS) is 20.5. The van der Waals surface area contributed by atoms with E-state index < -0.39 is 6.10 Å². The number of aliphatic hydroxyl groups excluding tert-OH is 1. The number of hydrogen-bond acceptors (Lipinski definition) is 3. The summed E-state index contributed by atoms with van der Waals surface area (Å²) in [5.41, 5.74) is 0.740. The standard InChI is InChI=1S/C15H21ClO3/c1-11(17)14-10-12(16)6-7-15(14)19-9-3-5-13-4-2-8-18-13/h6-7,10-11,13,17H,2-5,8-9H2,1H3. The molecular formula is C15H21ClO3. The van der Waals surface area contributed by atoms with Crippen LogP contribution in [0.2, 0.25) is 5.02 Å². The van der Waals surface area contributed by atoms with Gasteiger partial charge in [-0.1, -0.05) is 11.6 Å². The molecule has 1 saturated heterocycles. The summed E-state index contributed by atoms with van der Waals surface area (Å²) < 4.78 is 11.3. The Morgan fingerprint density at radius 2 is 2.37 bits per heavy atom. The Morgan fingerprint density at radius 3 is 3.05 bits per heavy atom. The van der Waals surface area contributed by atoms with Crippen molar-refractivity contribution in [3.8, 4) is 5.75 Å². The topological polar surface area (TPSA) is 38.7 Å². The summed E-state index contributed by atoms with van der Waals surface area (Å²) in [7, 11) is 0. The van der Waals surface area contributed by atoms with E-state index in [9.17, 15) is 5.11 Å². The molecule has 1 aromatic rings. The molecular weight excluding hydrogens is 264 g/mol. The fraction of sp³-hybridized carbons (Fsp3) is 0.600. The van der Waals surface area contributed by atoms with Gasteiger partial charge in [-0.25, -0.2) is 0 Å². The molecule has 19 heavy (non-hydrogen) atoms. The van der Waals surface area contributed by atoms with Crippen LogP contribution in [-0.4, -0.2) is 24.4 Å². The van der Waals surface area contributed by atoms with Gasteiger partial charge in [0, 0.05) is 17.2 Å². The first kappa shape index (κ1) is 14.6. The molecule has 1 aromatic carbocycles. The molecule has 0 amide bonds. The molecule has 1 heterocycles. The minimum absolute atomic E-state index is 0.407. The van der Waals surface area contributed by atoms with E-state index in [1.54, 1.807) is 19.1 Å². The number of benzene rings is 1. The molecule has 2 rings (SSSR count). The van der Waals surface area contributed by atoms with Crippen molar-refractivity contribution in [1.82, 2.24) is 0 Å².